The number of nitrogens with one attached hydrogen (secondary N) is 2. The van der Waals surface area contributed by atoms with E-state index >= 15 is 0 Å². The topological polar surface area (TPSA) is 213 Å². The highest BCUT2D eigenvalue weighted by Gasteiger charge is 2.19. The molecular formula is C28H30FN5O9. The number of carbonyl (C=O) groups excluding carboxylic acids is 1. The summed E-state index contributed by atoms with van der Waals surface area (Å²) in [5.41, 5.74) is 3.71. The molecule has 1 aliphatic rings. The van der Waals surface area contributed by atoms with E-state index in [-0.39, 0.29) is 11.7 Å². The van der Waals surface area contributed by atoms with Gasteiger partial charge in [0.2, 0.25) is 0 Å². The van der Waals surface area contributed by atoms with Crippen molar-refractivity contribution < 1.29 is 48.8 Å². The number of aliphatic carboxylic acids is 4. The van der Waals surface area contributed by atoms with Gasteiger partial charge < -0.3 is 35.6 Å². The maximum atomic E-state index is 12.9. The zero-order valence-electron chi connectivity index (χ0n) is 22.7. The minimum absolute atomic E-state index is 0.168. The first-order valence-electron chi connectivity index (χ1n) is 12.7. The number of carbonyl (C=O) groups is 5. The van der Waals surface area contributed by atoms with Crippen LogP contribution < -0.4 is 10.2 Å². The summed E-state index contributed by atoms with van der Waals surface area (Å²) >= 11 is 0. The monoisotopic (exact) mass is 599 g/mol. The van der Waals surface area contributed by atoms with E-state index in [1.807, 2.05) is 12.1 Å². The van der Waals surface area contributed by atoms with Crippen LogP contribution in [-0.4, -0.2) is 104 Å². The van der Waals surface area contributed by atoms with Crippen molar-refractivity contribution in [3.8, 4) is 0 Å². The number of carboxylic acids is 4. The standard InChI is InChI=1S/C20H22FN5O.2C4H4O4/c21-16-6-4-15(5-7-16)20(27)22-8-9-25-10-12-26(13-11-25)18-3-1-2-17-19(18)24-14-23-17;2*5-3(6)1-2-4(7)8/h1-7,14H,8-13H2,(H,22,27)(H,23,24);2*1-2H,(H,5,6)(H,7,8)/b;2*2-1-. The van der Waals surface area contributed by atoms with Crippen LogP contribution in [0.2, 0.25) is 0 Å². The molecule has 0 bridgehead atoms. The van der Waals surface area contributed by atoms with Crippen molar-refractivity contribution in [3.05, 3.63) is 84.5 Å². The molecule has 6 N–H and O–H groups in total. The summed E-state index contributed by atoms with van der Waals surface area (Å²) in [5, 5.41) is 34.1. The zero-order valence-corrected chi connectivity index (χ0v) is 22.7. The molecule has 2 heterocycles. The largest absolute Gasteiger partial charge is 0.478 e. The summed E-state index contributed by atoms with van der Waals surface area (Å²) < 4.78 is 12.9. The molecule has 15 heteroatoms. The molecule has 4 rings (SSSR count). The van der Waals surface area contributed by atoms with E-state index in [0.29, 0.717) is 36.4 Å². The van der Waals surface area contributed by atoms with Crippen LogP contribution in [0, 0.1) is 5.82 Å². The van der Waals surface area contributed by atoms with Crippen molar-refractivity contribution in [2.45, 2.75) is 0 Å². The lowest BCUT2D eigenvalue weighted by molar-refractivity contribution is -0.134. The molecule has 43 heavy (non-hydrogen) atoms. The van der Waals surface area contributed by atoms with Gasteiger partial charge in [-0.1, -0.05) is 6.07 Å². The second-order valence-electron chi connectivity index (χ2n) is 8.69. The molecule has 1 amide bonds. The number of carboxylic acid groups (broad SMARTS) is 4. The fourth-order valence-electron chi connectivity index (χ4n) is 3.73. The number of imidazole rings is 1. The minimum Gasteiger partial charge on any atom is -0.478 e. The fourth-order valence-corrected chi connectivity index (χ4v) is 3.73. The van der Waals surface area contributed by atoms with E-state index in [1.165, 1.54) is 24.3 Å². The van der Waals surface area contributed by atoms with Gasteiger partial charge in [0, 0.05) is 69.1 Å². The summed E-state index contributed by atoms with van der Waals surface area (Å²) in [6, 6.07) is 11.8. The van der Waals surface area contributed by atoms with Crippen molar-refractivity contribution >= 4 is 46.5 Å². The third-order valence-corrected chi connectivity index (χ3v) is 5.70. The predicted molar refractivity (Wildman–Crippen MR) is 152 cm³/mol. The van der Waals surface area contributed by atoms with Gasteiger partial charge in [0.15, 0.2) is 0 Å². The average Bonchev–Trinajstić information content (AvgIpc) is 3.46. The molecule has 1 fully saturated rings. The molecule has 3 aromatic rings. The van der Waals surface area contributed by atoms with Crippen molar-refractivity contribution in [2.75, 3.05) is 44.2 Å². The Morgan fingerprint density at radius 1 is 0.814 bits per heavy atom. The molecule has 0 aliphatic carbocycles. The average molecular weight is 600 g/mol. The zero-order chi connectivity index (χ0) is 31.8. The Morgan fingerprint density at radius 3 is 1.86 bits per heavy atom. The molecule has 1 saturated heterocycles. The number of piperazine rings is 1. The first kappa shape index (κ1) is 33.6. The highest BCUT2D eigenvalue weighted by atomic mass is 19.1. The number of rotatable bonds is 9. The van der Waals surface area contributed by atoms with Crippen LogP contribution in [0.5, 0.6) is 0 Å². The number of H-pyrrole nitrogens is 1. The van der Waals surface area contributed by atoms with Gasteiger partial charge >= 0.3 is 23.9 Å². The summed E-state index contributed by atoms with van der Waals surface area (Å²) in [7, 11) is 0. The molecule has 0 saturated carbocycles. The Balaban J connectivity index is 0.000000334. The number of aromatic amines is 1. The van der Waals surface area contributed by atoms with Crippen LogP contribution in [0.3, 0.4) is 0 Å². The van der Waals surface area contributed by atoms with Crippen LogP contribution >= 0.6 is 0 Å². The highest BCUT2D eigenvalue weighted by molar-refractivity contribution is 5.94. The molecule has 0 unspecified atom stereocenters. The summed E-state index contributed by atoms with van der Waals surface area (Å²) in [6.07, 6.45) is 3.96. The number of aromatic nitrogens is 2. The van der Waals surface area contributed by atoms with E-state index < -0.39 is 23.9 Å². The number of anilines is 1. The van der Waals surface area contributed by atoms with Crippen LogP contribution in [-0.2, 0) is 19.2 Å². The van der Waals surface area contributed by atoms with Crippen LogP contribution in [0.4, 0.5) is 10.1 Å². The molecule has 0 atom stereocenters. The van der Waals surface area contributed by atoms with Gasteiger partial charge in [0.05, 0.1) is 17.5 Å². The molecule has 2 aromatic carbocycles. The molecular weight excluding hydrogens is 569 g/mol. The van der Waals surface area contributed by atoms with Crippen molar-refractivity contribution in [3.63, 3.8) is 0 Å². The van der Waals surface area contributed by atoms with Crippen LogP contribution in [0.1, 0.15) is 10.4 Å². The Kier molecular flexibility index (Phi) is 13.5. The fraction of sp³-hybridized carbons (Fsp3) is 0.214. The number of amides is 1. The molecule has 1 aliphatic heterocycles. The normalized spacial score (nSPS) is 13.1. The van der Waals surface area contributed by atoms with E-state index in [4.69, 9.17) is 20.4 Å². The maximum Gasteiger partial charge on any atom is 0.328 e. The molecule has 14 nitrogen and oxygen atoms in total. The minimum atomic E-state index is -1.26. The predicted octanol–water partition coefficient (Wildman–Crippen LogP) is 1.68. The third-order valence-electron chi connectivity index (χ3n) is 5.70. The Hall–Kier alpha value is -5.57. The number of halogens is 1. The lowest BCUT2D eigenvalue weighted by Gasteiger charge is -2.36. The number of benzene rings is 2. The first-order valence-corrected chi connectivity index (χ1v) is 12.7. The Morgan fingerprint density at radius 2 is 1.35 bits per heavy atom. The van der Waals surface area contributed by atoms with Gasteiger partial charge in [0.1, 0.15) is 11.3 Å². The number of hydrogen-bond donors (Lipinski definition) is 6. The smallest absolute Gasteiger partial charge is 0.328 e. The number of para-hydroxylation sites is 1. The maximum absolute atomic E-state index is 12.9. The lowest BCUT2D eigenvalue weighted by atomic mass is 10.2. The van der Waals surface area contributed by atoms with Crippen molar-refractivity contribution in [1.29, 1.82) is 0 Å². The Labute approximate surface area is 244 Å². The van der Waals surface area contributed by atoms with Gasteiger partial charge in [-0.3, -0.25) is 9.69 Å². The molecule has 0 spiro atoms. The second kappa shape index (κ2) is 17.3. The summed E-state index contributed by atoms with van der Waals surface area (Å²) in [4.78, 5) is 62.6. The quantitative estimate of drug-likeness (QED) is 0.194. The number of nitrogens with zero attached hydrogens (tertiary/aromatic N) is 3. The molecule has 0 radical (unpaired) electrons. The first-order chi connectivity index (χ1) is 20.5. The highest BCUT2D eigenvalue weighted by Crippen LogP contribution is 2.24. The van der Waals surface area contributed by atoms with Crippen molar-refractivity contribution in [2.24, 2.45) is 0 Å². The van der Waals surface area contributed by atoms with E-state index in [0.717, 1.165) is 49.4 Å². The van der Waals surface area contributed by atoms with Gasteiger partial charge in [-0.15, -0.1) is 0 Å². The Bertz CT molecular complexity index is 1400. The molecule has 1 aromatic heterocycles. The van der Waals surface area contributed by atoms with E-state index in [2.05, 4.69) is 31.2 Å². The van der Waals surface area contributed by atoms with Crippen molar-refractivity contribution in [1.82, 2.24) is 20.2 Å². The number of fused-ring (bicyclic) bond motifs is 1. The second-order valence-corrected chi connectivity index (χ2v) is 8.69. The SMILES string of the molecule is O=C(NCCN1CCN(c2cccc3[nH]cnc23)CC1)c1ccc(F)cc1.O=C(O)/C=C\C(=O)O.O=C(O)/C=C\C(=O)O. The lowest BCUT2D eigenvalue weighted by Crippen LogP contribution is -2.48. The van der Waals surface area contributed by atoms with E-state index in [1.54, 1.807) is 6.33 Å². The molecule has 228 valence electrons. The summed E-state index contributed by atoms with van der Waals surface area (Å²) in [6.45, 7) is 5.11. The third kappa shape index (κ3) is 12.6. The van der Waals surface area contributed by atoms with Gasteiger partial charge in [-0.25, -0.2) is 28.6 Å². The van der Waals surface area contributed by atoms with Gasteiger partial charge in [-0.2, -0.15) is 0 Å². The van der Waals surface area contributed by atoms with Gasteiger partial charge in [0.25, 0.3) is 5.91 Å². The summed E-state index contributed by atoms with van der Waals surface area (Å²) in [5.74, 6) is -5.53. The van der Waals surface area contributed by atoms with Gasteiger partial charge in [-0.05, 0) is 36.4 Å². The number of hydrogen-bond acceptors (Lipinski definition) is 8. The van der Waals surface area contributed by atoms with Crippen LogP contribution in [0.15, 0.2) is 73.1 Å². The van der Waals surface area contributed by atoms with E-state index in [9.17, 15) is 28.4 Å². The van der Waals surface area contributed by atoms with Crippen LogP contribution in [0.25, 0.3) is 11.0 Å².